The summed E-state index contributed by atoms with van der Waals surface area (Å²) in [5, 5.41) is 0.0465. The molecule has 7 heteroatoms. The van der Waals surface area contributed by atoms with Crippen molar-refractivity contribution in [2.45, 2.75) is 30.2 Å². The largest absolute Gasteiger partial charge is 0.246 e. The standard InChI is InChI=1S/C9H12ClN3O2S/c1-13(7-3-2-4-7)16(14,15)8-5-11-9(10)12-6-8/h5-7H,2-4H2,1H3. The predicted molar refractivity (Wildman–Crippen MR) is 59.6 cm³/mol. The molecule has 5 nitrogen and oxygen atoms in total. The van der Waals surface area contributed by atoms with Crippen molar-refractivity contribution in [3.8, 4) is 0 Å². The third kappa shape index (κ3) is 2.05. The highest BCUT2D eigenvalue weighted by Gasteiger charge is 2.32. The molecule has 16 heavy (non-hydrogen) atoms. The average Bonchev–Trinajstić information content (AvgIpc) is 2.15. The SMILES string of the molecule is CN(C1CCC1)S(=O)(=O)c1cnc(Cl)nc1. The molecule has 0 N–H and O–H groups in total. The Hall–Kier alpha value is -0.720. The third-order valence-corrected chi connectivity index (χ3v) is 4.92. The first kappa shape index (κ1) is 11.8. The van der Waals surface area contributed by atoms with Gasteiger partial charge in [0.1, 0.15) is 4.90 Å². The molecule has 0 atom stereocenters. The van der Waals surface area contributed by atoms with Crippen molar-refractivity contribution in [2.24, 2.45) is 0 Å². The van der Waals surface area contributed by atoms with Crippen LogP contribution < -0.4 is 0 Å². The Balaban J connectivity index is 2.27. The zero-order valence-corrected chi connectivity index (χ0v) is 10.4. The van der Waals surface area contributed by atoms with Gasteiger partial charge in [-0.15, -0.1) is 0 Å². The number of hydrogen-bond acceptors (Lipinski definition) is 4. The number of sulfonamides is 1. The molecule has 1 heterocycles. The molecule has 0 unspecified atom stereocenters. The quantitative estimate of drug-likeness (QED) is 0.770. The molecule has 0 amide bonds. The normalized spacial score (nSPS) is 17.4. The van der Waals surface area contributed by atoms with Crippen LogP contribution in [-0.2, 0) is 10.0 Å². The number of halogens is 1. The first-order valence-electron chi connectivity index (χ1n) is 4.97. The second kappa shape index (κ2) is 4.27. The van der Waals surface area contributed by atoms with Crippen LogP contribution in [0.25, 0.3) is 0 Å². The van der Waals surface area contributed by atoms with Crippen molar-refractivity contribution in [3.05, 3.63) is 17.7 Å². The third-order valence-electron chi connectivity index (χ3n) is 2.86. The number of aromatic nitrogens is 2. The first-order chi connectivity index (χ1) is 7.51. The van der Waals surface area contributed by atoms with Crippen LogP contribution in [0, 0.1) is 0 Å². The minimum Gasteiger partial charge on any atom is -0.225 e. The van der Waals surface area contributed by atoms with Gasteiger partial charge in [-0.2, -0.15) is 4.31 Å². The summed E-state index contributed by atoms with van der Waals surface area (Å²) in [4.78, 5) is 7.45. The second-order valence-corrected chi connectivity index (χ2v) is 6.13. The maximum atomic E-state index is 12.1. The van der Waals surface area contributed by atoms with Crippen molar-refractivity contribution < 1.29 is 8.42 Å². The average molecular weight is 262 g/mol. The topological polar surface area (TPSA) is 63.2 Å². The summed E-state index contributed by atoms with van der Waals surface area (Å²) in [6, 6.07) is 0.112. The Labute approximate surface area is 99.5 Å². The summed E-state index contributed by atoms with van der Waals surface area (Å²) < 4.78 is 25.6. The summed E-state index contributed by atoms with van der Waals surface area (Å²) in [7, 11) is -1.88. The van der Waals surface area contributed by atoms with E-state index in [-0.39, 0.29) is 16.2 Å². The van der Waals surface area contributed by atoms with E-state index in [1.807, 2.05) is 0 Å². The molecule has 1 aliphatic rings. The molecule has 0 aromatic carbocycles. The van der Waals surface area contributed by atoms with E-state index in [1.165, 1.54) is 16.7 Å². The molecule has 1 saturated carbocycles. The molecule has 0 bridgehead atoms. The molecule has 0 saturated heterocycles. The fraction of sp³-hybridized carbons (Fsp3) is 0.556. The molecule has 0 spiro atoms. The van der Waals surface area contributed by atoms with E-state index >= 15 is 0 Å². The van der Waals surface area contributed by atoms with Crippen LogP contribution in [0.2, 0.25) is 5.28 Å². The van der Waals surface area contributed by atoms with Crippen LogP contribution in [0.3, 0.4) is 0 Å². The highest BCUT2D eigenvalue weighted by molar-refractivity contribution is 7.89. The summed E-state index contributed by atoms with van der Waals surface area (Å²) in [5.74, 6) is 0. The lowest BCUT2D eigenvalue weighted by Crippen LogP contribution is -2.41. The lowest BCUT2D eigenvalue weighted by molar-refractivity contribution is 0.249. The number of hydrogen-bond donors (Lipinski definition) is 0. The lowest BCUT2D eigenvalue weighted by Gasteiger charge is -2.33. The van der Waals surface area contributed by atoms with Crippen molar-refractivity contribution in [3.63, 3.8) is 0 Å². The van der Waals surface area contributed by atoms with E-state index in [9.17, 15) is 8.42 Å². The van der Waals surface area contributed by atoms with Gasteiger partial charge >= 0.3 is 0 Å². The summed E-state index contributed by atoms with van der Waals surface area (Å²) >= 11 is 5.51. The minimum atomic E-state index is -3.47. The van der Waals surface area contributed by atoms with Gasteiger partial charge in [-0.3, -0.25) is 0 Å². The Bertz CT molecular complexity index is 470. The molecular formula is C9H12ClN3O2S. The van der Waals surface area contributed by atoms with Gasteiger partial charge in [-0.1, -0.05) is 6.42 Å². The summed E-state index contributed by atoms with van der Waals surface area (Å²) in [5.41, 5.74) is 0. The maximum absolute atomic E-state index is 12.1. The van der Waals surface area contributed by atoms with Gasteiger partial charge in [-0.05, 0) is 24.4 Å². The zero-order valence-electron chi connectivity index (χ0n) is 8.80. The van der Waals surface area contributed by atoms with Gasteiger partial charge in [0.05, 0.1) is 12.4 Å². The van der Waals surface area contributed by atoms with E-state index in [2.05, 4.69) is 9.97 Å². The molecule has 1 fully saturated rings. The smallest absolute Gasteiger partial charge is 0.225 e. The fourth-order valence-corrected chi connectivity index (χ4v) is 2.95. The molecule has 0 radical (unpaired) electrons. The van der Waals surface area contributed by atoms with Gasteiger partial charge in [0.25, 0.3) is 0 Å². The Kier molecular flexibility index (Phi) is 3.14. The fourth-order valence-electron chi connectivity index (χ4n) is 1.55. The monoisotopic (exact) mass is 261 g/mol. The van der Waals surface area contributed by atoms with Crippen LogP contribution in [0.15, 0.2) is 17.3 Å². The van der Waals surface area contributed by atoms with Gasteiger partial charge in [0.2, 0.25) is 15.3 Å². The molecule has 1 aromatic rings. The van der Waals surface area contributed by atoms with E-state index in [4.69, 9.17) is 11.6 Å². The summed E-state index contributed by atoms with van der Waals surface area (Å²) in [6.45, 7) is 0. The van der Waals surface area contributed by atoms with Gasteiger partial charge in [0, 0.05) is 13.1 Å². The predicted octanol–water partition coefficient (Wildman–Crippen LogP) is 1.30. The molecule has 0 aliphatic heterocycles. The van der Waals surface area contributed by atoms with Crippen molar-refractivity contribution in [1.29, 1.82) is 0 Å². The maximum Gasteiger partial charge on any atom is 0.246 e. The van der Waals surface area contributed by atoms with Crippen LogP contribution in [-0.4, -0.2) is 35.8 Å². The molecule has 88 valence electrons. The van der Waals surface area contributed by atoms with E-state index in [0.29, 0.717) is 0 Å². The minimum absolute atomic E-state index is 0.0465. The lowest BCUT2D eigenvalue weighted by atomic mass is 9.94. The Morgan fingerprint density at radius 1 is 1.38 bits per heavy atom. The van der Waals surface area contributed by atoms with Gasteiger partial charge in [0.15, 0.2) is 0 Å². The Morgan fingerprint density at radius 2 is 1.94 bits per heavy atom. The first-order valence-corrected chi connectivity index (χ1v) is 6.79. The molecular weight excluding hydrogens is 250 g/mol. The van der Waals surface area contributed by atoms with E-state index in [1.54, 1.807) is 7.05 Å². The van der Waals surface area contributed by atoms with Crippen LogP contribution in [0.5, 0.6) is 0 Å². The van der Waals surface area contributed by atoms with E-state index < -0.39 is 10.0 Å². The van der Waals surface area contributed by atoms with Gasteiger partial charge < -0.3 is 0 Å². The van der Waals surface area contributed by atoms with Crippen molar-refractivity contribution >= 4 is 21.6 Å². The highest BCUT2D eigenvalue weighted by Crippen LogP contribution is 2.28. The second-order valence-electron chi connectivity index (χ2n) is 3.79. The van der Waals surface area contributed by atoms with Crippen molar-refractivity contribution in [2.75, 3.05) is 7.05 Å². The Morgan fingerprint density at radius 3 is 2.38 bits per heavy atom. The zero-order chi connectivity index (χ0) is 11.8. The number of nitrogens with zero attached hydrogens (tertiary/aromatic N) is 3. The number of rotatable bonds is 3. The van der Waals surface area contributed by atoms with Crippen LogP contribution >= 0.6 is 11.6 Å². The van der Waals surface area contributed by atoms with Gasteiger partial charge in [-0.25, -0.2) is 18.4 Å². The molecule has 1 aromatic heterocycles. The molecule has 1 aliphatic carbocycles. The van der Waals surface area contributed by atoms with Crippen LogP contribution in [0.1, 0.15) is 19.3 Å². The van der Waals surface area contributed by atoms with E-state index in [0.717, 1.165) is 19.3 Å². The van der Waals surface area contributed by atoms with Crippen molar-refractivity contribution in [1.82, 2.24) is 14.3 Å². The highest BCUT2D eigenvalue weighted by atomic mass is 35.5. The summed E-state index contributed by atoms with van der Waals surface area (Å²) in [6.07, 6.45) is 5.40. The molecule has 2 rings (SSSR count). The van der Waals surface area contributed by atoms with Crippen LogP contribution in [0.4, 0.5) is 0 Å².